The van der Waals surface area contributed by atoms with Gasteiger partial charge in [0.2, 0.25) is 0 Å². The molecule has 2 heteroatoms. The van der Waals surface area contributed by atoms with Crippen LogP contribution in [0.15, 0.2) is 30.3 Å². The van der Waals surface area contributed by atoms with E-state index in [4.69, 9.17) is 11.6 Å². The molecule has 0 spiro atoms. The van der Waals surface area contributed by atoms with Crippen molar-refractivity contribution >= 4 is 11.6 Å². The van der Waals surface area contributed by atoms with Crippen molar-refractivity contribution in [2.45, 2.75) is 19.8 Å². The number of nitrogens with one attached hydrogen (secondary N) is 1. The van der Waals surface area contributed by atoms with Crippen LogP contribution in [0, 0.1) is 5.92 Å². The second-order valence-electron chi connectivity index (χ2n) is 4.02. The minimum Gasteiger partial charge on any atom is -0.316 e. The summed E-state index contributed by atoms with van der Waals surface area (Å²) in [5.41, 5.74) is 1.40. The summed E-state index contributed by atoms with van der Waals surface area (Å²) in [5, 5.41) is 3.46. The summed E-state index contributed by atoms with van der Waals surface area (Å²) in [4.78, 5) is 0. The first kappa shape index (κ1) is 12.5. The van der Waals surface area contributed by atoms with Crippen molar-refractivity contribution in [3.05, 3.63) is 35.9 Å². The van der Waals surface area contributed by atoms with Crippen molar-refractivity contribution in [2.75, 3.05) is 19.0 Å². The molecule has 0 fully saturated rings. The Bertz CT molecular complexity index is 248. The first-order valence-corrected chi connectivity index (χ1v) is 6.17. The van der Waals surface area contributed by atoms with Gasteiger partial charge in [-0.1, -0.05) is 37.3 Å². The van der Waals surface area contributed by atoms with Crippen molar-refractivity contribution in [3.63, 3.8) is 0 Å². The molecule has 84 valence electrons. The Hall–Kier alpha value is -0.530. The molecule has 1 atom stereocenters. The maximum atomic E-state index is 5.68. The van der Waals surface area contributed by atoms with Crippen LogP contribution >= 0.6 is 11.6 Å². The van der Waals surface area contributed by atoms with Crippen LogP contribution in [0.25, 0.3) is 0 Å². The fourth-order valence-corrected chi connectivity index (χ4v) is 1.89. The molecule has 0 aliphatic carbocycles. The summed E-state index contributed by atoms with van der Waals surface area (Å²) in [6.07, 6.45) is 2.20. The largest absolute Gasteiger partial charge is 0.316 e. The van der Waals surface area contributed by atoms with Crippen molar-refractivity contribution in [1.29, 1.82) is 0 Å². The predicted octanol–water partition coefficient (Wildman–Crippen LogP) is 3.08. The predicted molar refractivity (Wildman–Crippen MR) is 67.5 cm³/mol. The molecule has 0 heterocycles. The third-order valence-corrected chi connectivity index (χ3v) is 2.75. The van der Waals surface area contributed by atoms with E-state index in [0.717, 1.165) is 31.8 Å². The average molecular weight is 226 g/mol. The van der Waals surface area contributed by atoms with Crippen molar-refractivity contribution in [2.24, 2.45) is 5.92 Å². The average Bonchev–Trinajstić information content (AvgIpc) is 2.26. The molecular weight excluding hydrogens is 206 g/mol. The van der Waals surface area contributed by atoms with Crippen LogP contribution in [-0.2, 0) is 6.42 Å². The van der Waals surface area contributed by atoms with Crippen molar-refractivity contribution in [3.8, 4) is 0 Å². The van der Waals surface area contributed by atoms with Gasteiger partial charge in [0.05, 0.1) is 0 Å². The molecule has 1 unspecified atom stereocenters. The van der Waals surface area contributed by atoms with E-state index in [1.54, 1.807) is 0 Å². The molecule has 0 aliphatic heterocycles. The number of hydrogen-bond acceptors (Lipinski definition) is 1. The summed E-state index contributed by atoms with van der Waals surface area (Å²) in [5.74, 6) is 1.44. The summed E-state index contributed by atoms with van der Waals surface area (Å²) in [6, 6.07) is 10.6. The maximum absolute atomic E-state index is 5.68. The topological polar surface area (TPSA) is 12.0 Å². The van der Waals surface area contributed by atoms with Crippen LogP contribution in [-0.4, -0.2) is 19.0 Å². The number of alkyl halides is 1. The van der Waals surface area contributed by atoms with Gasteiger partial charge in [-0.25, -0.2) is 0 Å². The monoisotopic (exact) mass is 225 g/mol. The first-order chi connectivity index (χ1) is 7.33. The second-order valence-corrected chi connectivity index (χ2v) is 4.40. The Balaban J connectivity index is 2.07. The van der Waals surface area contributed by atoms with E-state index in [1.807, 2.05) is 0 Å². The van der Waals surface area contributed by atoms with Crippen molar-refractivity contribution in [1.82, 2.24) is 5.32 Å². The molecule has 15 heavy (non-hydrogen) atoms. The van der Waals surface area contributed by atoms with E-state index in [9.17, 15) is 0 Å². The molecule has 0 amide bonds. The minimum absolute atomic E-state index is 0.679. The van der Waals surface area contributed by atoms with Crippen molar-refractivity contribution < 1.29 is 0 Å². The van der Waals surface area contributed by atoms with Gasteiger partial charge < -0.3 is 5.32 Å². The Morgan fingerprint density at radius 3 is 2.67 bits per heavy atom. The van der Waals surface area contributed by atoms with Gasteiger partial charge in [0.25, 0.3) is 0 Å². The maximum Gasteiger partial charge on any atom is 0.0226 e. The third-order valence-electron chi connectivity index (χ3n) is 2.53. The molecule has 0 aromatic heterocycles. The van der Waals surface area contributed by atoms with Crippen LogP contribution in [0.3, 0.4) is 0 Å². The van der Waals surface area contributed by atoms with E-state index in [1.165, 1.54) is 5.56 Å². The lowest BCUT2D eigenvalue weighted by Crippen LogP contribution is -2.23. The van der Waals surface area contributed by atoms with Gasteiger partial charge in [0.15, 0.2) is 0 Å². The molecule has 1 N–H and O–H groups in total. The molecule has 1 rings (SSSR count). The molecule has 1 aromatic carbocycles. The highest BCUT2D eigenvalue weighted by Gasteiger charge is 1.99. The summed E-state index contributed by atoms with van der Waals surface area (Å²) in [7, 11) is 0. The van der Waals surface area contributed by atoms with E-state index in [-0.39, 0.29) is 0 Å². The van der Waals surface area contributed by atoms with Crippen LogP contribution in [0.5, 0.6) is 0 Å². The van der Waals surface area contributed by atoms with Crippen LogP contribution < -0.4 is 5.32 Å². The molecule has 0 aliphatic rings. The van der Waals surface area contributed by atoms with Gasteiger partial charge in [0.1, 0.15) is 0 Å². The lowest BCUT2D eigenvalue weighted by atomic mass is 10.1. The fraction of sp³-hybridized carbons (Fsp3) is 0.538. The molecule has 1 nitrogen and oxygen atoms in total. The first-order valence-electron chi connectivity index (χ1n) is 5.63. The lowest BCUT2D eigenvalue weighted by molar-refractivity contribution is 0.504. The highest BCUT2D eigenvalue weighted by atomic mass is 35.5. The Labute approximate surface area is 97.8 Å². The van der Waals surface area contributed by atoms with Gasteiger partial charge >= 0.3 is 0 Å². The Morgan fingerprint density at radius 1 is 1.27 bits per heavy atom. The third kappa shape index (κ3) is 5.81. The normalized spacial score (nSPS) is 12.7. The highest BCUT2D eigenvalue weighted by molar-refractivity contribution is 6.17. The van der Waals surface area contributed by atoms with E-state index in [2.05, 4.69) is 42.6 Å². The summed E-state index contributed by atoms with van der Waals surface area (Å²) >= 11 is 5.68. The number of benzene rings is 1. The zero-order chi connectivity index (χ0) is 10.9. The Kier molecular flexibility index (Phi) is 6.45. The zero-order valence-electron chi connectivity index (χ0n) is 9.38. The lowest BCUT2D eigenvalue weighted by Gasteiger charge is -2.10. The van der Waals surface area contributed by atoms with E-state index in [0.29, 0.717) is 5.92 Å². The summed E-state index contributed by atoms with van der Waals surface area (Å²) in [6.45, 7) is 4.36. The second kappa shape index (κ2) is 7.72. The van der Waals surface area contributed by atoms with E-state index >= 15 is 0 Å². The zero-order valence-corrected chi connectivity index (χ0v) is 10.1. The molecular formula is C13H20ClN. The SMILES string of the molecule is CC(CCCl)CNCCc1ccccc1. The molecule has 0 radical (unpaired) electrons. The van der Waals surface area contributed by atoms with Crippen LogP contribution in [0.1, 0.15) is 18.9 Å². The quantitative estimate of drug-likeness (QED) is 0.556. The van der Waals surface area contributed by atoms with E-state index < -0.39 is 0 Å². The smallest absolute Gasteiger partial charge is 0.0226 e. The molecule has 1 aromatic rings. The van der Waals surface area contributed by atoms with Gasteiger partial charge in [0, 0.05) is 5.88 Å². The van der Waals surface area contributed by atoms with Gasteiger partial charge in [-0.3, -0.25) is 0 Å². The fourth-order valence-electron chi connectivity index (χ4n) is 1.51. The summed E-state index contributed by atoms with van der Waals surface area (Å²) < 4.78 is 0. The standard InChI is InChI=1S/C13H20ClN/c1-12(7-9-14)11-15-10-8-13-5-3-2-4-6-13/h2-6,12,15H,7-11H2,1H3. The molecule has 0 bridgehead atoms. The minimum atomic E-state index is 0.679. The number of hydrogen-bond donors (Lipinski definition) is 1. The van der Waals surface area contributed by atoms with Gasteiger partial charge in [-0.05, 0) is 37.4 Å². The number of rotatable bonds is 7. The van der Waals surface area contributed by atoms with Crippen LogP contribution in [0.2, 0.25) is 0 Å². The Morgan fingerprint density at radius 2 is 2.00 bits per heavy atom. The molecule has 0 saturated carbocycles. The van der Waals surface area contributed by atoms with Gasteiger partial charge in [-0.15, -0.1) is 11.6 Å². The van der Waals surface area contributed by atoms with Gasteiger partial charge in [-0.2, -0.15) is 0 Å². The highest BCUT2D eigenvalue weighted by Crippen LogP contribution is 2.02. The molecule has 0 saturated heterocycles. The van der Waals surface area contributed by atoms with Crippen LogP contribution in [0.4, 0.5) is 0 Å². The number of halogens is 1.